The molecule has 2 aliphatic rings. The topological polar surface area (TPSA) is 53.6 Å². The van der Waals surface area contributed by atoms with E-state index in [0.29, 0.717) is 12.0 Å². The van der Waals surface area contributed by atoms with Crippen LogP contribution in [-0.2, 0) is 0 Å². The molecule has 3 rings (SSSR count). The van der Waals surface area contributed by atoms with Crippen LogP contribution < -0.4 is 11.1 Å². The van der Waals surface area contributed by atoms with Crippen molar-refractivity contribution in [3.63, 3.8) is 0 Å². The van der Waals surface area contributed by atoms with Gasteiger partial charge in [0.25, 0.3) is 0 Å². The van der Waals surface area contributed by atoms with E-state index in [1.165, 1.54) is 25.9 Å². The molecular weight excluding hydrogens is 236 g/mol. The van der Waals surface area contributed by atoms with Gasteiger partial charge in [-0.05, 0) is 44.4 Å². The highest BCUT2D eigenvalue weighted by molar-refractivity contribution is 5.92. The van der Waals surface area contributed by atoms with Crippen LogP contribution in [0.15, 0.2) is 35.3 Å². The van der Waals surface area contributed by atoms with Gasteiger partial charge in [-0.3, -0.25) is 0 Å². The minimum atomic E-state index is 0.385. The lowest BCUT2D eigenvalue weighted by molar-refractivity contribution is 0.183. The summed E-state index contributed by atoms with van der Waals surface area (Å²) < 4.78 is 0. The van der Waals surface area contributed by atoms with E-state index in [4.69, 9.17) is 5.73 Å². The van der Waals surface area contributed by atoms with Crippen molar-refractivity contribution in [2.45, 2.75) is 37.8 Å². The molecule has 2 fully saturated rings. The maximum Gasteiger partial charge on any atom is 0.193 e. The first-order valence-corrected chi connectivity index (χ1v) is 7.20. The second-order valence-electron chi connectivity index (χ2n) is 5.52. The molecule has 0 saturated carbocycles. The third-order valence-corrected chi connectivity index (χ3v) is 4.16. The highest BCUT2D eigenvalue weighted by Gasteiger charge is 2.31. The number of piperidine rings is 1. The van der Waals surface area contributed by atoms with Gasteiger partial charge in [0.1, 0.15) is 0 Å². The molecule has 2 aliphatic heterocycles. The van der Waals surface area contributed by atoms with Crippen molar-refractivity contribution in [3.8, 4) is 0 Å². The summed E-state index contributed by atoms with van der Waals surface area (Å²) in [5.74, 6) is 0.544. The summed E-state index contributed by atoms with van der Waals surface area (Å²) in [5.41, 5.74) is 7.00. The van der Waals surface area contributed by atoms with E-state index in [1.54, 1.807) is 0 Å². The summed E-state index contributed by atoms with van der Waals surface area (Å²) in [6.45, 7) is 2.45. The van der Waals surface area contributed by atoms with Crippen LogP contribution in [0, 0.1) is 0 Å². The second kappa shape index (κ2) is 5.61. The Morgan fingerprint density at radius 3 is 2.89 bits per heavy atom. The third-order valence-electron chi connectivity index (χ3n) is 4.16. The van der Waals surface area contributed by atoms with Crippen LogP contribution in [0.1, 0.15) is 25.7 Å². The Hall–Kier alpha value is -1.55. The molecule has 1 aromatic carbocycles. The Labute approximate surface area is 114 Å². The molecule has 0 bridgehead atoms. The average molecular weight is 258 g/mol. The Balaban J connectivity index is 1.59. The largest absolute Gasteiger partial charge is 0.370 e. The number of anilines is 1. The smallest absolute Gasteiger partial charge is 0.193 e. The summed E-state index contributed by atoms with van der Waals surface area (Å²) in [4.78, 5) is 7.25. The van der Waals surface area contributed by atoms with Crippen LogP contribution in [0.5, 0.6) is 0 Å². The molecule has 0 spiro atoms. The van der Waals surface area contributed by atoms with Crippen LogP contribution >= 0.6 is 0 Å². The van der Waals surface area contributed by atoms with Gasteiger partial charge in [0.2, 0.25) is 0 Å². The lowest BCUT2D eigenvalue weighted by atomic mass is 9.98. The van der Waals surface area contributed by atoms with Crippen molar-refractivity contribution in [1.29, 1.82) is 0 Å². The second-order valence-corrected chi connectivity index (χ2v) is 5.52. The van der Waals surface area contributed by atoms with Crippen LogP contribution in [0.25, 0.3) is 0 Å². The van der Waals surface area contributed by atoms with Gasteiger partial charge in [-0.15, -0.1) is 0 Å². The van der Waals surface area contributed by atoms with Gasteiger partial charge < -0.3 is 16.0 Å². The normalized spacial score (nSPS) is 28.1. The zero-order valence-corrected chi connectivity index (χ0v) is 11.3. The molecule has 2 unspecified atom stereocenters. The highest BCUT2D eigenvalue weighted by atomic mass is 15.2. The number of nitrogens with zero attached hydrogens (tertiary/aromatic N) is 2. The van der Waals surface area contributed by atoms with Gasteiger partial charge in [-0.2, -0.15) is 0 Å². The number of fused-ring (bicyclic) bond motifs is 1. The summed E-state index contributed by atoms with van der Waals surface area (Å²) in [6.07, 6.45) is 4.97. The van der Waals surface area contributed by atoms with Crippen molar-refractivity contribution in [3.05, 3.63) is 30.3 Å². The molecule has 4 heteroatoms. The molecule has 0 aromatic heterocycles. The zero-order chi connectivity index (χ0) is 13.1. The third kappa shape index (κ3) is 3.07. The van der Waals surface area contributed by atoms with Crippen LogP contribution in [-0.4, -0.2) is 36.0 Å². The average Bonchev–Trinajstić information content (AvgIpc) is 2.87. The van der Waals surface area contributed by atoms with E-state index in [1.807, 2.05) is 30.3 Å². The Kier molecular flexibility index (Phi) is 3.69. The van der Waals surface area contributed by atoms with Crippen molar-refractivity contribution < 1.29 is 0 Å². The fourth-order valence-electron chi connectivity index (χ4n) is 3.22. The SMILES string of the molecule is NC(=NC1CCN2CCCC2C1)Nc1ccccc1. The van der Waals surface area contributed by atoms with Gasteiger partial charge in [0.15, 0.2) is 5.96 Å². The number of hydrogen-bond donors (Lipinski definition) is 2. The van der Waals surface area contributed by atoms with E-state index in [-0.39, 0.29) is 0 Å². The minimum absolute atomic E-state index is 0.385. The monoisotopic (exact) mass is 258 g/mol. The quantitative estimate of drug-likeness (QED) is 0.630. The standard InChI is InChI=1S/C15H22N4/c16-15(17-12-5-2-1-3-6-12)18-13-8-10-19-9-4-7-14(19)11-13/h1-3,5-6,13-14H,4,7-11H2,(H3,16,17,18). The Bertz CT molecular complexity index is 443. The molecule has 3 N–H and O–H groups in total. The number of aliphatic imine (C=N–C) groups is 1. The molecule has 1 aromatic rings. The van der Waals surface area contributed by atoms with Crippen molar-refractivity contribution in [2.75, 3.05) is 18.4 Å². The first-order valence-electron chi connectivity index (χ1n) is 7.20. The summed E-state index contributed by atoms with van der Waals surface area (Å²) in [6, 6.07) is 11.1. The van der Waals surface area contributed by atoms with Gasteiger partial charge >= 0.3 is 0 Å². The number of benzene rings is 1. The zero-order valence-electron chi connectivity index (χ0n) is 11.3. The fraction of sp³-hybridized carbons (Fsp3) is 0.533. The molecule has 0 amide bonds. The number of hydrogen-bond acceptors (Lipinski definition) is 2. The first-order chi connectivity index (χ1) is 9.31. The number of nitrogens with one attached hydrogen (secondary N) is 1. The molecule has 2 saturated heterocycles. The van der Waals surface area contributed by atoms with Crippen molar-refractivity contribution >= 4 is 11.6 Å². The van der Waals surface area contributed by atoms with E-state index in [9.17, 15) is 0 Å². The lowest BCUT2D eigenvalue weighted by Gasteiger charge is -2.33. The van der Waals surface area contributed by atoms with E-state index >= 15 is 0 Å². The van der Waals surface area contributed by atoms with E-state index < -0.39 is 0 Å². The maximum absolute atomic E-state index is 6.00. The Morgan fingerprint density at radius 2 is 2.05 bits per heavy atom. The molecule has 4 nitrogen and oxygen atoms in total. The number of para-hydroxylation sites is 1. The number of guanidine groups is 1. The predicted octanol–water partition coefficient (Wildman–Crippen LogP) is 2.04. The van der Waals surface area contributed by atoms with Crippen LogP contribution in [0.3, 0.4) is 0 Å². The maximum atomic E-state index is 6.00. The lowest BCUT2D eigenvalue weighted by Crippen LogP contribution is -2.40. The fourth-order valence-corrected chi connectivity index (χ4v) is 3.22. The van der Waals surface area contributed by atoms with Gasteiger partial charge in [0.05, 0.1) is 6.04 Å². The predicted molar refractivity (Wildman–Crippen MR) is 79.3 cm³/mol. The first kappa shape index (κ1) is 12.5. The number of nitrogens with two attached hydrogens (primary N) is 1. The molecule has 0 radical (unpaired) electrons. The van der Waals surface area contributed by atoms with Gasteiger partial charge in [-0.25, -0.2) is 4.99 Å². The van der Waals surface area contributed by atoms with Gasteiger partial charge in [0, 0.05) is 18.3 Å². The summed E-state index contributed by atoms with van der Waals surface area (Å²) >= 11 is 0. The van der Waals surface area contributed by atoms with Crippen LogP contribution in [0.2, 0.25) is 0 Å². The van der Waals surface area contributed by atoms with Crippen molar-refractivity contribution in [1.82, 2.24) is 4.90 Å². The summed E-state index contributed by atoms with van der Waals surface area (Å²) in [7, 11) is 0. The molecule has 2 heterocycles. The Morgan fingerprint density at radius 1 is 1.21 bits per heavy atom. The molecule has 2 atom stereocenters. The van der Waals surface area contributed by atoms with E-state index in [0.717, 1.165) is 24.6 Å². The summed E-state index contributed by atoms with van der Waals surface area (Å²) in [5, 5.41) is 3.16. The van der Waals surface area contributed by atoms with E-state index in [2.05, 4.69) is 15.2 Å². The molecule has 0 aliphatic carbocycles. The number of rotatable bonds is 2. The molecule has 19 heavy (non-hydrogen) atoms. The van der Waals surface area contributed by atoms with Gasteiger partial charge in [-0.1, -0.05) is 18.2 Å². The molecular formula is C15H22N4. The molecule has 102 valence electrons. The highest BCUT2D eigenvalue weighted by Crippen LogP contribution is 2.28. The minimum Gasteiger partial charge on any atom is -0.370 e. The van der Waals surface area contributed by atoms with Crippen molar-refractivity contribution in [2.24, 2.45) is 10.7 Å². The van der Waals surface area contributed by atoms with Crippen LogP contribution in [0.4, 0.5) is 5.69 Å².